The van der Waals surface area contributed by atoms with E-state index in [2.05, 4.69) is 13.2 Å². The smallest absolute Gasteiger partial charge is 0.338 e. The van der Waals surface area contributed by atoms with Crippen LogP contribution >= 0.6 is 0 Å². The van der Waals surface area contributed by atoms with Gasteiger partial charge in [-0.1, -0.05) is 48.6 Å². The molecule has 0 atom stereocenters. The van der Waals surface area contributed by atoms with Crippen LogP contribution in [0, 0.1) is 5.41 Å². The van der Waals surface area contributed by atoms with Gasteiger partial charge in [-0.25, -0.2) is 9.59 Å². The molecule has 0 saturated carbocycles. The van der Waals surface area contributed by atoms with Gasteiger partial charge in [-0.05, 0) is 37.1 Å². The van der Waals surface area contributed by atoms with Crippen molar-refractivity contribution in [2.45, 2.75) is 12.8 Å². The van der Waals surface area contributed by atoms with Gasteiger partial charge in [0.15, 0.2) is 0 Å². The second-order valence-electron chi connectivity index (χ2n) is 6.37. The molecule has 0 aromatic heterocycles. The first-order chi connectivity index (χ1) is 13.1. The number of carbonyl (C=O) groups excluding carboxylic acids is 2. The molecule has 2 aromatic carbocycles. The fourth-order valence-electron chi connectivity index (χ4n) is 2.73. The number of esters is 2. The molecule has 0 heterocycles. The van der Waals surface area contributed by atoms with E-state index in [1.165, 1.54) is 0 Å². The van der Waals surface area contributed by atoms with Crippen molar-refractivity contribution in [3.8, 4) is 0 Å². The lowest BCUT2D eigenvalue weighted by Crippen LogP contribution is -2.34. The van der Waals surface area contributed by atoms with Crippen molar-refractivity contribution in [2.24, 2.45) is 5.41 Å². The molecule has 2 aromatic rings. The predicted molar refractivity (Wildman–Crippen MR) is 106 cm³/mol. The van der Waals surface area contributed by atoms with Crippen LogP contribution in [0.3, 0.4) is 0 Å². The summed E-state index contributed by atoms with van der Waals surface area (Å²) in [5.41, 5.74) is 0.355. The number of hydrogen-bond donors (Lipinski definition) is 0. The van der Waals surface area contributed by atoms with Gasteiger partial charge >= 0.3 is 11.9 Å². The van der Waals surface area contributed by atoms with Crippen LogP contribution in [0.25, 0.3) is 0 Å². The molecule has 0 saturated heterocycles. The van der Waals surface area contributed by atoms with E-state index in [1.807, 2.05) is 12.1 Å². The molecule has 4 nitrogen and oxygen atoms in total. The highest BCUT2D eigenvalue weighted by Gasteiger charge is 2.32. The molecule has 0 aliphatic heterocycles. The van der Waals surface area contributed by atoms with Gasteiger partial charge in [-0.2, -0.15) is 0 Å². The minimum absolute atomic E-state index is 0.0981. The Morgan fingerprint density at radius 2 is 1.11 bits per heavy atom. The molecular weight excluding hydrogens is 340 g/mol. The molecule has 0 fully saturated rings. The SMILES string of the molecule is C=CCC(CC=C)(COC(=O)c1ccccc1)COC(=O)c1ccccc1. The van der Waals surface area contributed by atoms with Crippen molar-refractivity contribution in [1.29, 1.82) is 0 Å². The second-order valence-corrected chi connectivity index (χ2v) is 6.37. The fourth-order valence-corrected chi connectivity index (χ4v) is 2.73. The minimum atomic E-state index is -0.599. The summed E-state index contributed by atoms with van der Waals surface area (Å²) in [6.45, 7) is 7.76. The van der Waals surface area contributed by atoms with Crippen LogP contribution < -0.4 is 0 Å². The van der Waals surface area contributed by atoms with Crippen LogP contribution in [0.4, 0.5) is 0 Å². The van der Waals surface area contributed by atoms with E-state index < -0.39 is 17.4 Å². The molecule has 4 heteroatoms. The Balaban J connectivity index is 2.06. The van der Waals surface area contributed by atoms with E-state index in [0.29, 0.717) is 24.0 Å². The maximum atomic E-state index is 12.3. The lowest BCUT2D eigenvalue weighted by atomic mass is 9.82. The predicted octanol–water partition coefficient (Wildman–Crippen LogP) is 4.84. The molecule has 0 radical (unpaired) electrons. The first-order valence-electron chi connectivity index (χ1n) is 8.76. The molecule has 0 bridgehead atoms. The summed E-state index contributed by atoms with van der Waals surface area (Å²) in [5, 5.41) is 0. The van der Waals surface area contributed by atoms with Crippen molar-refractivity contribution in [1.82, 2.24) is 0 Å². The van der Waals surface area contributed by atoms with Crippen LogP contribution in [-0.2, 0) is 9.47 Å². The Labute approximate surface area is 160 Å². The highest BCUT2D eigenvalue weighted by molar-refractivity contribution is 5.89. The Hall–Kier alpha value is -3.14. The van der Waals surface area contributed by atoms with E-state index in [-0.39, 0.29) is 13.2 Å². The van der Waals surface area contributed by atoms with Crippen LogP contribution in [0.15, 0.2) is 86.0 Å². The van der Waals surface area contributed by atoms with Gasteiger partial charge < -0.3 is 9.47 Å². The molecule has 0 spiro atoms. The number of rotatable bonds is 10. The first-order valence-corrected chi connectivity index (χ1v) is 8.76. The highest BCUT2D eigenvalue weighted by Crippen LogP contribution is 2.30. The quantitative estimate of drug-likeness (QED) is 0.447. The van der Waals surface area contributed by atoms with Gasteiger partial charge in [0.2, 0.25) is 0 Å². The summed E-state index contributed by atoms with van der Waals surface area (Å²) < 4.78 is 11.0. The van der Waals surface area contributed by atoms with Crippen molar-refractivity contribution in [2.75, 3.05) is 13.2 Å². The fraction of sp³-hybridized carbons (Fsp3) is 0.217. The molecule has 0 aliphatic rings. The topological polar surface area (TPSA) is 52.6 Å². The molecule has 27 heavy (non-hydrogen) atoms. The molecule has 0 N–H and O–H groups in total. The average molecular weight is 364 g/mol. The third-order valence-corrected chi connectivity index (χ3v) is 4.19. The van der Waals surface area contributed by atoms with Crippen LogP contribution in [0.5, 0.6) is 0 Å². The van der Waals surface area contributed by atoms with E-state index >= 15 is 0 Å². The Kier molecular flexibility index (Phi) is 7.56. The van der Waals surface area contributed by atoms with Gasteiger partial charge in [-0.15, -0.1) is 13.2 Å². The van der Waals surface area contributed by atoms with Crippen LogP contribution in [0.2, 0.25) is 0 Å². The largest absolute Gasteiger partial charge is 0.461 e. The standard InChI is InChI=1S/C23H24O4/c1-3-15-23(16-4-2,17-26-21(24)19-11-7-5-8-12-19)18-27-22(25)20-13-9-6-10-14-20/h3-14H,1-2,15-18H2. The second kappa shape index (κ2) is 10.1. The third kappa shape index (κ3) is 5.96. The van der Waals surface area contributed by atoms with E-state index in [1.54, 1.807) is 60.7 Å². The Morgan fingerprint density at radius 1 is 0.741 bits per heavy atom. The molecule has 0 aliphatic carbocycles. The lowest BCUT2D eigenvalue weighted by Gasteiger charge is -2.30. The summed E-state index contributed by atoms with van der Waals surface area (Å²) in [6, 6.07) is 17.6. The number of hydrogen-bond acceptors (Lipinski definition) is 4. The van der Waals surface area contributed by atoms with Crippen molar-refractivity contribution >= 4 is 11.9 Å². The minimum Gasteiger partial charge on any atom is -0.461 e. The number of ether oxygens (including phenoxy) is 2. The maximum Gasteiger partial charge on any atom is 0.338 e. The van der Waals surface area contributed by atoms with Gasteiger partial charge in [0.05, 0.1) is 11.1 Å². The molecule has 2 rings (SSSR count). The van der Waals surface area contributed by atoms with Gasteiger partial charge in [0, 0.05) is 5.41 Å². The summed E-state index contributed by atoms with van der Waals surface area (Å²) in [4.78, 5) is 24.6. The third-order valence-electron chi connectivity index (χ3n) is 4.19. The Morgan fingerprint density at radius 3 is 1.44 bits per heavy atom. The van der Waals surface area contributed by atoms with E-state index in [4.69, 9.17) is 9.47 Å². The van der Waals surface area contributed by atoms with E-state index in [9.17, 15) is 9.59 Å². The van der Waals surface area contributed by atoms with Gasteiger partial charge in [0.25, 0.3) is 0 Å². The van der Waals surface area contributed by atoms with Crippen molar-refractivity contribution in [3.05, 3.63) is 97.1 Å². The summed E-state index contributed by atoms with van der Waals surface area (Å²) in [5.74, 6) is -0.829. The summed E-state index contributed by atoms with van der Waals surface area (Å²) in [6.07, 6.45) is 4.50. The highest BCUT2D eigenvalue weighted by atomic mass is 16.5. The van der Waals surface area contributed by atoms with Crippen molar-refractivity contribution < 1.29 is 19.1 Å². The first kappa shape index (κ1) is 20.2. The zero-order valence-corrected chi connectivity index (χ0v) is 15.3. The van der Waals surface area contributed by atoms with Crippen molar-refractivity contribution in [3.63, 3.8) is 0 Å². The molecular formula is C23H24O4. The van der Waals surface area contributed by atoms with E-state index in [0.717, 1.165) is 0 Å². The molecule has 0 amide bonds. The van der Waals surface area contributed by atoms with Gasteiger partial charge in [-0.3, -0.25) is 0 Å². The monoisotopic (exact) mass is 364 g/mol. The summed E-state index contributed by atoms with van der Waals surface area (Å²) >= 11 is 0. The normalized spacial score (nSPS) is 10.7. The summed E-state index contributed by atoms with van der Waals surface area (Å²) in [7, 11) is 0. The van der Waals surface area contributed by atoms with Crippen LogP contribution in [-0.4, -0.2) is 25.2 Å². The molecule has 140 valence electrons. The van der Waals surface area contributed by atoms with Gasteiger partial charge in [0.1, 0.15) is 13.2 Å². The average Bonchev–Trinajstić information content (AvgIpc) is 2.72. The zero-order valence-electron chi connectivity index (χ0n) is 15.3. The maximum absolute atomic E-state index is 12.3. The zero-order chi connectivity index (χ0) is 19.5. The lowest BCUT2D eigenvalue weighted by molar-refractivity contribution is -0.00382. The van der Waals surface area contributed by atoms with Crippen LogP contribution in [0.1, 0.15) is 33.6 Å². The number of benzene rings is 2. The number of carbonyl (C=O) groups is 2. The Bertz CT molecular complexity index is 698. The number of allylic oxidation sites excluding steroid dienone is 2. The molecule has 0 unspecified atom stereocenters.